The Kier molecular flexibility index (Phi) is 2.12. The van der Waals surface area contributed by atoms with E-state index in [9.17, 15) is 0 Å². The highest BCUT2D eigenvalue weighted by molar-refractivity contribution is 6.22. The van der Waals surface area contributed by atoms with E-state index in [0.717, 1.165) is 38.5 Å². The van der Waals surface area contributed by atoms with Crippen molar-refractivity contribution < 1.29 is 8.83 Å². The molecule has 0 fully saturated rings. The van der Waals surface area contributed by atoms with Crippen LogP contribution in [0, 0.1) is 0 Å². The van der Waals surface area contributed by atoms with Crippen LogP contribution in [-0.4, -0.2) is 0 Å². The number of fused-ring (bicyclic) bond motifs is 8. The fourth-order valence-corrected chi connectivity index (χ4v) is 3.77. The fraction of sp³-hybridized carbons (Fsp3) is 0. The van der Waals surface area contributed by atoms with Crippen molar-refractivity contribution in [2.45, 2.75) is 0 Å². The second-order valence-electron chi connectivity index (χ2n) is 6.20. The molecule has 0 unspecified atom stereocenters. The van der Waals surface area contributed by atoms with Gasteiger partial charge in [0.15, 0.2) is 0 Å². The van der Waals surface area contributed by atoms with Crippen LogP contribution in [0.3, 0.4) is 0 Å². The highest BCUT2D eigenvalue weighted by Crippen LogP contribution is 2.38. The van der Waals surface area contributed by atoms with E-state index in [1.54, 1.807) is 0 Å². The zero-order chi connectivity index (χ0) is 15.7. The molecule has 0 bridgehead atoms. The molecule has 2 heterocycles. The minimum Gasteiger partial charge on any atom is -0.456 e. The van der Waals surface area contributed by atoms with Crippen molar-refractivity contribution in [3.8, 4) is 0 Å². The van der Waals surface area contributed by atoms with Crippen LogP contribution in [0.2, 0.25) is 0 Å². The average Bonchev–Trinajstić information content (AvgIpc) is 3.17. The van der Waals surface area contributed by atoms with E-state index < -0.39 is 0 Å². The van der Waals surface area contributed by atoms with Gasteiger partial charge in [-0.2, -0.15) is 0 Å². The third kappa shape index (κ3) is 1.45. The van der Waals surface area contributed by atoms with Crippen LogP contribution in [0.25, 0.3) is 54.6 Å². The molecule has 0 amide bonds. The molecule has 4 aromatic carbocycles. The number of benzene rings is 4. The minimum absolute atomic E-state index is 0.927. The monoisotopic (exact) mass is 308 g/mol. The van der Waals surface area contributed by atoms with Crippen molar-refractivity contribution >= 4 is 54.6 Å². The molecule has 0 N–H and O–H groups in total. The second kappa shape index (κ2) is 4.18. The van der Waals surface area contributed by atoms with E-state index in [4.69, 9.17) is 8.83 Å². The van der Waals surface area contributed by atoms with Gasteiger partial charge in [0.1, 0.15) is 22.3 Å². The maximum Gasteiger partial charge on any atom is 0.136 e. The Balaban J connectivity index is 1.90. The van der Waals surface area contributed by atoms with Crippen molar-refractivity contribution in [3.63, 3.8) is 0 Å². The van der Waals surface area contributed by atoms with Gasteiger partial charge in [0.05, 0.1) is 0 Å². The van der Waals surface area contributed by atoms with Gasteiger partial charge in [-0.1, -0.05) is 42.5 Å². The summed E-state index contributed by atoms with van der Waals surface area (Å²) in [7, 11) is 0. The number of para-hydroxylation sites is 2. The normalized spacial score (nSPS) is 12.2. The van der Waals surface area contributed by atoms with Gasteiger partial charge in [-0.15, -0.1) is 0 Å². The van der Waals surface area contributed by atoms with Crippen LogP contribution in [0.5, 0.6) is 0 Å². The zero-order valence-corrected chi connectivity index (χ0v) is 12.7. The van der Waals surface area contributed by atoms with Gasteiger partial charge in [0.2, 0.25) is 0 Å². The number of hydrogen-bond donors (Lipinski definition) is 0. The standard InChI is InChI=1S/C22H12O2/c1-3-7-18-14(5-1)17-12-16-13(11-21(17)24-18)9-10-20-22(16)15-6-2-4-8-19(15)23-20/h1-12H. The summed E-state index contributed by atoms with van der Waals surface area (Å²) in [6, 6.07) is 24.9. The maximum atomic E-state index is 6.02. The lowest BCUT2D eigenvalue weighted by Crippen LogP contribution is -1.75. The molecule has 6 rings (SSSR count). The molecule has 2 heteroatoms. The maximum absolute atomic E-state index is 6.02. The zero-order valence-electron chi connectivity index (χ0n) is 12.7. The number of hydrogen-bond acceptors (Lipinski definition) is 2. The van der Waals surface area contributed by atoms with E-state index in [2.05, 4.69) is 42.5 Å². The lowest BCUT2D eigenvalue weighted by molar-refractivity contribution is 0.668. The molecule has 112 valence electrons. The molecule has 6 aromatic rings. The molecule has 0 aliphatic carbocycles. The molecular formula is C22H12O2. The van der Waals surface area contributed by atoms with E-state index in [0.29, 0.717) is 0 Å². The smallest absolute Gasteiger partial charge is 0.136 e. The van der Waals surface area contributed by atoms with Crippen LogP contribution >= 0.6 is 0 Å². The molecule has 0 atom stereocenters. The van der Waals surface area contributed by atoms with Crippen molar-refractivity contribution in [2.24, 2.45) is 0 Å². The molecule has 0 spiro atoms. The van der Waals surface area contributed by atoms with Gasteiger partial charge >= 0.3 is 0 Å². The molecule has 24 heavy (non-hydrogen) atoms. The molecular weight excluding hydrogens is 296 g/mol. The SMILES string of the molecule is c1ccc2c(c1)oc1cc3ccc4oc5ccccc5c4c3cc12. The Morgan fingerprint density at radius 1 is 0.458 bits per heavy atom. The van der Waals surface area contributed by atoms with Gasteiger partial charge in [0, 0.05) is 21.5 Å². The van der Waals surface area contributed by atoms with Gasteiger partial charge in [0.25, 0.3) is 0 Å². The summed E-state index contributed by atoms with van der Waals surface area (Å²) in [4.78, 5) is 0. The molecule has 0 aliphatic rings. The van der Waals surface area contributed by atoms with E-state index >= 15 is 0 Å². The highest BCUT2D eigenvalue weighted by Gasteiger charge is 2.13. The van der Waals surface area contributed by atoms with Crippen LogP contribution in [-0.2, 0) is 0 Å². The summed E-state index contributed by atoms with van der Waals surface area (Å²) in [6.07, 6.45) is 0. The van der Waals surface area contributed by atoms with Crippen molar-refractivity contribution in [3.05, 3.63) is 72.8 Å². The number of rotatable bonds is 0. The summed E-state index contributed by atoms with van der Waals surface area (Å²) in [5.41, 5.74) is 3.71. The predicted octanol–water partition coefficient (Wildman–Crippen LogP) is 6.64. The molecule has 0 saturated heterocycles. The first-order valence-corrected chi connectivity index (χ1v) is 8.04. The molecule has 0 saturated carbocycles. The molecule has 2 nitrogen and oxygen atoms in total. The van der Waals surface area contributed by atoms with Crippen LogP contribution in [0.15, 0.2) is 81.6 Å². The third-order valence-electron chi connectivity index (χ3n) is 4.86. The summed E-state index contributed by atoms with van der Waals surface area (Å²) in [5.74, 6) is 0. The largest absolute Gasteiger partial charge is 0.456 e. The Morgan fingerprint density at radius 3 is 2.04 bits per heavy atom. The van der Waals surface area contributed by atoms with Crippen LogP contribution in [0.1, 0.15) is 0 Å². The Hall–Kier alpha value is -3.26. The van der Waals surface area contributed by atoms with Crippen molar-refractivity contribution in [1.82, 2.24) is 0 Å². The summed E-state index contributed by atoms with van der Waals surface area (Å²) in [6.45, 7) is 0. The molecule has 0 radical (unpaired) electrons. The Bertz CT molecular complexity index is 1400. The number of furan rings is 2. The van der Waals surface area contributed by atoms with Crippen molar-refractivity contribution in [2.75, 3.05) is 0 Å². The van der Waals surface area contributed by atoms with Gasteiger partial charge in [-0.05, 0) is 41.1 Å². The fourth-order valence-electron chi connectivity index (χ4n) is 3.77. The lowest BCUT2D eigenvalue weighted by atomic mass is 10.0. The van der Waals surface area contributed by atoms with Gasteiger partial charge < -0.3 is 8.83 Å². The molecule has 0 aliphatic heterocycles. The Morgan fingerprint density at radius 2 is 1.17 bits per heavy atom. The van der Waals surface area contributed by atoms with Crippen LogP contribution in [0.4, 0.5) is 0 Å². The van der Waals surface area contributed by atoms with E-state index in [-0.39, 0.29) is 0 Å². The lowest BCUT2D eigenvalue weighted by Gasteiger charge is -2.00. The van der Waals surface area contributed by atoms with Crippen molar-refractivity contribution in [1.29, 1.82) is 0 Å². The minimum atomic E-state index is 0.927. The molecule has 2 aromatic heterocycles. The first-order valence-electron chi connectivity index (χ1n) is 8.04. The quantitative estimate of drug-likeness (QED) is 0.314. The second-order valence-corrected chi connectivity index (χ2v) is 6.20. The summed E-state index contributed by atoms with van der Waals surface area (Å²) in [5, 5.41) is 7.01. The first kappa shape index (κ1) is 12.2. The highest BCUT2D eigenvalue weighted by atomic mass is 16.3. The average molecular weight is 308 g/mol. The van der Waals surface area contributed by atoms with E-state index in [1.807, 2.05) is 30.3 Å². The topological polar surface area (TPSA) is 26.3 Å². The third-order valence-corrected chi connectivity index (χ3v) is 4.86. The Labute approximate surface area is 136 Å². The van der Waals surface area contributed by atoms with Crippen LogP contribution < -0.4 is 0 Å². The summed E-state index contributed by atoms with van der Waals surface area (Å²) >= 11 is 0. The first-order chi connectivity index (χ1) is 11.9. The van der Waals surface area contributed by atoms with E-state index in [1.165, 1.54) is 16.2 Å². The summed E-state index contributed by atoms with van der Waals surface area (Å²) < 4.78 is 12.0. The predicted molar refractivity (Wildman–Crippen MR) is 98.5 cm³/mol. The van der Waals surface area contributed by atoms with Gasteiger partial charge in [-0.25, -0.2) is 0 Å². The van der Waals surface area contributed by atoms with Gasteiger partial charge in [-0.3, -0.25) is 0 Å².